The molecule has 76 valence electrons. The number of rotatable bonds is 4. The van der Waals surface area contributed by atoms with Crippen LogP contribution in [0.1, 0.15) is 10.6 Å². The lowest BCUT2D eigenvalue weighted by molar-refractivity contribution is -0.307. The highest BCUT2D eigenvalue weighted by Gasteiger charge is 2.13. The number of aromatic nitrogens is 1. The maximum Gasteiger partial charge on any atom is 0.377 e. The number of hydrogen-bond acceptors (Lipinski definition) is 7. The van der Waals surface area contributed by atoms with E-state index in [-0.39, 0.29) is 11.6 Å². The summed E-state index contributed by atoms with van der Waals surface area (Å²) < 4.78 is 13.4. The summed E-state index contributed by atoms with van der Waals surface area (Å²) in [4.78, 5) is 20.8. The first kappa shape index (κ1) is 10.0. The smallest absolute Gasteiger partial charge is 0.377 e. The fraction of sp³-hybridized carbons (Fsp3) is 0.286. The molecule has 0 atom stereocenters. The molecule has 0 bridgehead atoms. The number of carbonyl (C=O) groups is 2. The standard InChI is InChI=1S/C7H7NO6/c1-12-7(11)4-2-5(8-14-4)13-3-6(9)10/h2H,3H2,1H3,(H,9,10)/p-1. The van der Waals surface area contributed by atoms with Gasteiger partial charge in [0.05, 0.1) is 19.1 Å². The summed E-state index contributed by atoms with van der Waals surface area (Å²) in [5.41, 5.74) is 0. The van der Waals surface area contributed by atoms with Gasteiger partial charge in [0.1, 0.15) is 6.61 Å². The number of aliphatic carboxylic acids is 1. The molecule has 0 radical (unpaired) electrons. The fourth-order valence-electron chi connectivity index (χ4n) is 0.657. The zero-order valence-corrected chi connectivity index (χ0v) is 7.18. The number of nitrogens with zero attached hydrogens (tertiary/aromatic N) is 1. The van der Waals surface area contributed by atoms with Crippen molar-refractivity contribution in [3.05, 3.63) is 11.8 Å². The number of carbonyl (C=O) groups excluding carboxylic acids is 2. The normalized spacial score (nSPS) is 9.50. The quantitative estimate of drug-likeness (QED) is 0.550. The first-order chi connectivity index (χ1) is 6.63. The summed E-state index contributed by atoms with van der Waals surface area (Å²) in [6.07, 6.45) is 0. The van der Waals surface area contributed by atoms with Crippen molar-refractivity contribution in [3.8, 4) is 5.88 Å². The van der Waals surface area contributed by atoms with E-state index in [2.05, 4.69) is 19.2 Å². The molecule has 1 aromatic rings. The third kappa shape index (κ3) is 2.47. The van der Waals surface area contributed by atoms with Crippen molar-refractivity contribution in [2.45, 2.75) is 0 Å². The van der Waals surface area contributed by atoms with E-state index in [1.165, 1.54) is 7.11 Å². The van der Waals surface area contributed by atoms with Gasteiger partial charge in [-0.25, -0.2) is 4.79 Å². The van der Waals surface area contributed by atoms with Crippen LogP contribution in [0.5, 0.6) is 5.88 Å². The molecular formula is C7H6NO6-. The van der Waals surface area contributed by atoms with E-state index in [4.69, 9.17) is 0 Å². The molecule has 14 heavy (non-hydrogen) atoms. The second kappa shape index (κ2) is 4.26. The number of hydrogen-bond donors (Lipinski definition) is 0. The Balaban J connectivity index is 2.59. The Morgan fingerprint density at radius 2 is 2.36 bits per heavy atom. The minimum absolute atomic E-state index is 0.116. The average Bonchev–Trinajstić information content (AvgIpc) is 2.62. The van der Waals surface area contributed by atoms with Gasteiger partial charge in [-0.2, -0.15) is 0 Å². The zero-order chi connectivity index (χ0) is 10.6. The first-order valence-electron chi connectivity index (χ1n) is 3.51. The van der Waals surface area contributed by atoms with Crippen LogP contribution < -0.4 is 9.84 Å². The summed E-state index contributed by atoms with van der Waals surface area (Å²) in [6.45, 7) is -0.660. The minimum Gasteiger partial charge on any atom is -0.546 e. The van der Waals surface area contributed by atoms with Crippen LogP contribution >= 0.6 is 0 Å². The maximum atomic E-state index is 10.8. The highest BCUT2D eigenvalue weighted by atomic mass is 16.6. The lowest BCUT2D eigenvalue weighted by Gasteiger charge is -2.00. The number of carboxylic acid groups (broad SMARTS) is 1. The van der Waals surface area contributed by atoms with E-state index >= 15 is 0 Å². The molecule has 0 fully saturated rings. The van der Waals surface area contributed by atoms with Gasteiger partial charge in [0.25, 0.3) is 5.88 Å². The largest absolute Gasteiger partial charge is 0.546 e. The summed E-state index contributed by atoms with van der Waals surface area (Å²) in [6, 6.07) is 1.12. The SMILES string of the molecule is COC(=O)c1cc(OCC(=O)[O-])no1. The van der Waals surface area contributed by atoms with Crippen molar-refractivity contribution in [3.63, 3.8) is 0 Å². The van der Waals surface area contributed by atoms with Crippen LogP contribution in [0.4, 0.5) is 0 Å². The van der Waals surface area contributed by atoms with E-state index in [9.17, 15) is 14.7 Å². The summed E-state index contributed by atoms with van der Waals surface area (Å²) in [7, 11) is 1.17. The van der Waals surface area contributed by atoms with Gasteiger partial charge in [-0.1, -0.05) is 0 Å². The van der Waals surface area contributed by atoms with E-state index in [1.807, 2.05) is 0 Å². The molecule has 0 aliphatic heterocycles. The molecule has 7 heteroatoms. The van der Waals surface area contributed by atoms with E-state index in [1.54, 1.807) is 0 Å². The Labute approximate surface area is 78.2 Å². The molecule has 1 aromatic heterocycles. The molecule has 0 aliphatic rings. The van der Waals surface area contributed by atoms with Gasteiger partial charge in [0.15, 0.2) is 0 Å². The van der Waals surface area contributed by atoms with Crippen molar-refractivity contribution < 1.29 is 28.7 Å². The second-order valence-electron chi connectivity index (χ2n) is 2.18. The third-order valence-electron chi connectivity index (χ3n) is 1.21. The molecule has 0 unspecified atom stereocenters. The number of ether oxygens (including phenoxy) is 2. The topological polar surface area (TPSA) is 102 Å². The molecule has 0 saturated heterocycles. The molecule has 1 rings (SSSR count). The van der Waals surface area contributed by atoms with Crippen LogP contribution in [0.15, 0.2) is 10.6 Å². The Bertz CT molecular complexity index is 344. The van der Waals surface area contributed by atoms with Gasteiger partial charge in [-0.05, 0) is 5.16 Å². The molecule has 7 nitrogen and oxygen atoms in total. The van der Waals surface area contributed by atoms with Crippen molar-refractivity contribution in [2.24, 2.45) is 0 Å². The molecule has 0 amide bonds. The van der Waals surface area contributed by atoms with Gasteiger partial charge in [0, 0.05) is 0 Å². The Hall–Kier alpha value is -2.05. The predicted octanol–water partition coefficient (Wildman–Crippen LogP) is -1.41. The van der Waals surface area contributed by atoms with Gasteiger partial charge in [0.2, 0.25) is 5.76 Å². The van der Waals surface area contributed by atoms with Crippen LogP contribution in [0.3, 0.4) is 0 Å². The third-order valence-corrected chi connectivity index (χ3v) is 1.21. The summed E-state index contributed by atoms with van der Waals surface area (Å²) >= 11 is 0. The number of esters is 1. The summed E-state index contributed by atoms with van der Waals surface area (Å²) in [5.74, 6) is -2.40. The monoisotopic (exact) mass is 200 g/mol. The minimum atomic E-state index is -1.40. The zero-order valence-electron chi connectivity index (χ0n) is 7.18. The van der Waals surface area contributed by atoms with Gasteiger partial charge in [-0.3, -0.25) is 0 Å². The van der Waals surface area contributed by atoms with Gasteiger partial charge < -0.3 is 23.9 Å². The molecule has 1 heterocycles. The average molecular weight is 200 g/mol. The maximum absolute atomic E-state index is 10.8. The summed E-state index contributed by atoms with van der Waals surface area (Å²) in [5, 5.41) is 13.3. The number of carboxylic acids is 1. The highest BCUT2D eigenvalue weighted by Crippen LogP contribution is 2.11. The molecule has 0 saturated carbocycles. The van der Waals surface area contributed by atoms with Crippen molar-refractivity contribution in [1.82, 2.24) is 5.16 Å². The van der Waals surface area contributed by atoms with Crippen molar-refractivity contribution in [1.29, 1.82) is 0 Å². The number of methoxy groups -OCH3 is 1. The molecule has 0 N–H and O–H groups in total. The predicted molar refractivity (Wildman–Crippen MR) is 38.3 cm³/mol. The van der Waals surface area contributed by atoms with Gasteiger partial charge in [-0.15, -0.1) is 0 Å². The lowest BCUT2D eigenvalue weighted by Crippen LogP contribution is -2.28. The van der Waals surface area contributed by atoms with Crippen molar-refractivity contribution >= 4 is 11.9 Å². The first-order valence-corrected chi connectivity index (χ1v) is 3.51. The Morgan fingerprint density at radius 3 is 2.93 bits per heavy atom. The van der Waals surface area contributed by atoms with Crippen LogP contribution in [-0.2, 0) is 9.53 Å². The molecule has 0 spiro atoms. The highest BCUT2D eigenvalue weighted by molar-refractivity contribution is 5.86. The second-order valence-corrected chi connectivity index (χ2v) is 2.18. The van der Waals surface area contributed by atoms with Crippen LogP contribution in [0.2, 0.25) is 0 Å². The fourth-order valence-corrected chi connectivity index (χ4v) is 0.657. The van der Waals surface area contributed by atoms with Crippen molar-refractivity contribution in [2.75, 3.05) is 13.7 Å². The van der Waals surface area contributed by atoms with Crippen LogP contribution in [-0.4, -0.2) is 30.8 Å². The Kier molecular flexibility index (Phi) is 3.05. The molecular weight excluding hydrogens is 194 g/mol. The van der Waals surface area contributed by atoms with Crippen LogP contribution in [0, 0.1) is 0 Å². The molecule has 0 aromatic carbocycles. The van der Waals surface area contributed by atoms with Gasteiger partial charge >= 0.3 is 5.97 Å². The Morgan fingerprint density at radius 1 is 1.64 bits per heavy atom. The van der Waals surface area contributed by atoms with E-state index in [0.29, 0.717) is 0 Å². The van der Waals surface area contributed by atoms with Crippen LogP contribution in [0.25, 0.3) is 0 Å². The molecule has 0 aliphatic carbocycles. The van der Waals surface area contributed by atoms with E-state index < -0.39 is 18.5 Å². The van der Waals surface area contributed by atoms with E-state index in [0.717, 1.165) is 6.07 Å². The lowest BCUT2D eigenvalue weighted by atomic mass is 10.4.